The fourth-order valence-corrected chi connectivity index (χ4v) is 1.60. The molecule has 0 aliphatic carbocycles. The molecule has 0 aromatic heterocycles. The predicted octanol–water partition coefficient (Wildman–Crippen LogP) is 2.14. The molecule has 0 spiro atoms. The molecule has 0 amide bonds. The molecule has 1 aromatic rings. The Morgan fingerprint density at radius 2 is 2.12 bits per heavy atom. The summed E-state index contributed by atoms with van der Waals surface area (Å²) in [6.45, 7) is 3.20. The fraction of sp³-hybridized carbons (Fsp3) is 0.538. The summed E-state index contributed by atoms with van der Waals surface area (Å²) in [5, 5.41) is 3.29. The van der Waals surface area contributed by atoms with Gasteiger partial charge in [-0.3, -0.25) is 0 Å². The first-order valence-corrected chi connectivity index (χ1v) is 5.68. The molecule has 1 N–H and O–H groups in total. The van der Waals surface area contributed by atoms with E-state index in [1.165, 1.54) is 12.1 Å². The highest BCUT2D eigenvalue weighted by Crippen LogP contribution is 2.13. The van der Waals surface area contributed by atoms with Gasteiger partial charge in [0.05, 0.1) is 12.7 Å². The minimum absolute atomic E-state index is 0.0102. The van der Waals surface area contributed by atoms with E-state index in [0.717, 1.165) is 5.56 Å². The molecular weight excluding hydrogens is 221 g/mol. The van der Waals surface area contributed by atoms with Crippen LogP contribution in [-0.2, 0) is 9.47 Å². The van der Waals surface area contributed by atoms with E-state index in [9.17, 15) is 4.39 Å². The second-order valence-electron chi connectivity index (χ2n) is 4.00. The summed E-state index contributed by atoms with van der Waals surface area (Å²) in [6.07, 6.45) is 0.0102. The van der Waals surface area contributed by atoms with Crippen LogP contribution in [0.5, 0.6) is 0 Å². The third kappa shape index (κ3) is 4.81. The standard InChI is InChI=1S/C13H20FNO2/c1-10(11-5-4-6-12(14)7-11)15-8-13(17-3)9-16-2/h4-7,10,13,15H,8-9H2,1-3H3. The van der Waals surface area contributed by atoms with Crippen LogP contribution in [0.15, 0.2) is 24.3 Å². The first-order chi connectivity index (χ1) is 8.17. The maximum atomic E-state index is 13.0. The molecule has 0 fully saturated rings. The van der Waals surface area contributed by atoms with Crippen LogP contribution in [-0.4, -0.2) is 33.5 Å². The number of hydrogen-bond acceptors (Lipinski definition) is 3. The van der Waals surface area contributed by atoms with Gasteiger partial charge in [0, 0.05) is 26.8 Å². The van der Waals surface area contributed by atoms with E-state index in [4.69, 9.17) is 9.47 Å². The summed E-state index contributed by atoms with van der Waals surface area (Å²) in [5.74, 6) is -0.212. The van der Waals surface area contributed by atoms with E-state index >= 15 is 0 Å². The van der Waals surface area contributed by atoms with E-state index in [1.54, 1.807) is 20.3 Å². The third-order valence-electron chi connectivity index (χ3n) is 2.69. The Morgan fingerprint density at radius 1 is 1.35 bits per heavy atom. The largest absolute Gasteiger partial charge is 0.382 e. The molecule has 0 bridgehead atoms. The number of methoxy groups -OCH3 is 2. The van der Waals surface area contributed by atoms with Crippen LogP contribution in [0, 0.1) is 5.82 Å². The van der Waals surface area contributed by atoms with Crippen molar-refractivity contribution in [1.29, 1.82) is 0 Å². The molecule has 2 atom stereocenters. The van der Waals surface area contributed by atoms with Crippen LogP contribution >= 0.6 is 0 Å². The SMILES string of the molecule is COCC(CNC(C)c1cccc(F)c1)OC. The van der Waals surface area contributed by atoms with Crippen LogP contribution in [0.3, 0.4) is 0 Å². The number of halogens is 1. The normalized spacial score (nSPS) is 14.6. The first kappa shape index (κ1) is 14.1. The van der Waals surface area contributed by atoms with Crippen molar-refractivity contribution in [3.63, 3.8) is 0 Å². The zero-order valence-electron chi connectivity index (χ0n) is 10.6. The molecule has 1 rings (SSSR count). The van der Waals surface area contributed by atoms with E-state index < -0.39 is 0 Å². The lowest BCUT2D eigenvalue weighted by molar-refractivity contribution is 0.0276. The predicted molar refractivity (Wildman–Crippen MR) is 65.5 cm³/mol. The highest BCUT2D eigenvalue weighted by Gasteiger charge is 2.10. The van der Waals surface area contributed by atoms with Crippen molar-refractivity contribution >= 4 is 0 Å². The molecule has 0 heterocycles. The summed E-state index contributed by atoms with van der Waals surface area (Å²) >= 11 is 0. The molecule has 17 heavy (non-hydrogen) atoms. The minimum Gasteiger partial charge on any atom is -0.382 e. The molecule has 0 radical (unpaired) electrons. The second-order valence-corrected chi connectivity index (χ2v) is 4.00. The van der Waals surface area contributed by atoms with Crippen LogP contribution in [0.2, 0.25) is 0 Å². The summed E-state index contributed by atoms with van der Waals surface area (Å²) < 4.78 is 23.3. The van der Waals surface area contributed by atoms with Gasteiger partial charge in [-0.1, -0.05) is 12.1 Å². The van der Waals surface area contributed by atoms with Crippen LogP contribution in [0.4, 0.5) is 4.39 Å². The van der Waals surface area contributed by atoms with Crippen molar-refractivity contribution in [1.82, 2.24) is 5.32 Å². The van der Waals surface area contributed by atoms with Gasteiger partial charge >= 0.3 is 0 Å². The van der Waals surface area contributed by atoms with Crippen LogP contribution in [0.25, 0.3) is 0 Å². The Labute approximate surface area is 102 Å². The van der Waals surface area contributed by atoms with Gasteiger partial charge in [-0.2, -0.15) is 0 Å². The summed E-state index contributed by atoms with van der Waals surface area (Å²) in [6, 6.07) is 6.68. The zero-order valence-corrected chi connectivity index (χ0v) is 10.6. The fourth-order valence-electron chi connectivity index (χ4n) is 1.60. The average Bonchev–Trinajstić information content (AvgIpc) is 2.34. The number of hydrogen-bond donors (Lipinski definition) is 1. The highest BCUT2D eigenvalue weighted by molar-refractivity contribution is 5.19. The zero-order chi connectivity index (χ0) is 12.7. The summed E-state index contributed by atoms with van der Waals surface area (Å²) in [7, 11) is 3.29. The molecule has 0 saturated heterocycles. The topological polar surface area (TPSA) is 30.5 Å². The number of ether oxygens (including phenoxy) is 2. The number of nitrogens with one attached hydrogen (secondary N) is 1. The summed E-state index contributed by atoms with van der Waals surface area (Å²) in [5.41, 5.74) is 0.928. The van der Waals surface area contributed by atoms with Gasteiger partial charge in [-0.25, -0.2) is 4.39 Å². The second kappa shape index (κ2) is 7.37. The Bertz CT molecular complexity index is 333. The lowest BCUT2D eigenvalue weighted by atomic mass is 10.1. The van der Waals surface area contributed by atoms with Crippen molar-refractivity contribution in [2.45, 2.75) is 19.1 Å². The maximum absolute atomic E-state index is 13.0. The molecular formula is C13H20FNO2. The van der Waals surface area contributed by atoms with Gasteiger partial charge in [0.2, 0.25) is 0 Å². The molecule has 96 valence electrons. The van der Waals surface area contributed by atoms with Gasteiger partial charge in [0.25, 0.3) is 0 Å². The smallest absolute Gasteiger partial charge is 0.123 e. The molecule has 0 aliphatic heterocycles. The summed E-state index contributed by atoms with van der Waals surface area (Å²) in [4.78, 5) is 0. The lowest BCUT2D eigenvalue weighted by Gasteiger charge is -2.19. The van der Waals surface area contributed by atoms with E-state index in [0.29, 0.717) is 13.2 Å². The molecule has 2 unspecified atom stereocenters. The maximum Gasteiger partial charge on any atom is 0.123 e. The minimum atomic E-state index is -0.212. The van der Waals surface area contributed by atoms with Crippen molar-refractivity contribution in [2.75, 3.05) is 27.4 Å². The lowest BCUT2D eigenvalue weighted by Crippen LogP contribution is -2.33. The molecule has 0 saturated carbocycles. The quantitative estimate of drug-likeness (QED) is 0.793. The van der Waals surface area contributed by atoms with Crippen LogP contribution in [0.1, 0.15) is 18.5 Å². The van der Waals surface area contributed by atoms with Gasteiger partial charge in [0.1, 0.15) is 5.82 Å². The van der Waals surface area contributed by atoms with Crippen molar-refractivity contribution in [3.8, 4) is 0 Å². The van der Waals surface area contributed by atoms with Gasteiger partial charge in [-0.15, -0.1) is 0 Å². The molecule has 3 nitrogen and oxygen atoms in total. The van der Waals surface area contributed by atoms with Crippen molar-refractivity contribution < 1.29 is 13.9 Å². The number of benzene rings is 1. The molecule has 0 aliphatic rings. The Balaban J connectivity index is 2.46. The third-order valence-corrected chi connectivity index (χ3v) is 2.69. The Kier molecular flexibility index (Phi) is 6.11. The number of rotatable bonds is 7. The average molecular weight is 241 g/mol. The van der Waals surface area contributed by atoms with E-state index in [2.05, 4.69) is 5.32 Å². The Morgan fingerprint density at radius 3 is 2.71 bits per heavy atom. The van der Waals surface area contributed by atoms with Crippen molar-refractivity contribution in [2.24, 2.45) is 0 Å². The van der Waals surface area contributed by atoms with E-state index in [1.807, 2.05) is 13.0 Å². The first-order valence-electron chi connectivity index (χ1n) is 5.68. The van der Waals surface area contributed by atoms with Crippen LogP contribution < -0.4 is 5.32 Å². The van der Waals surface area contributed by atoms with Gasteiger partial charge < -0.3 is 14.8 Å². The van der Waals surface area contributed by atoms with Crippen molar-refractivity contribution in [3.05, 3.63) is 35.6 Å². The van der Waals surface area contributed by atoms with Gasteiger partial charge in [-0.05, 0) is 24.6 Å². The highest BCUT2D eigenvalue weighted by atomic mass is 19.1. The van der Waals surface area contributed by atoms with Gasteiger partial charge in [0.15, 0.2) is 0 Å². The Hall–Kier alpha value is -0.970. The molecule has 1 aromatic carbocycles. The monoisotopic (exact) mass is 241 g/mol. The molecule has 4 heteroatoms. The van der Waals surface area contributed by atoms with E-state index in [-0.39, 0.29) is 18.0 Å².